The van der Waals surface area contributed by atoms with E-state index in [1.54, 1.807) is 7.11 Å². The molecular formula is C24H30N4O3S. The summed E-state index contributed by atoms with van der Waals surface area (Å²) in [5.74, 6) is 2.14. The van der Waals surface area contributed by atoms with Crippen molar-refractivity contribution >= 4 is 17.7 Å². The van der Waals surface area contributed by atoms with Crippen molar-refractivity contribution in [2.75, 3.05) is 13.7 Å². The first-order valence-electron chi connectivity index (χ1n) is 10.5. The van der Waals surface area contributed by atoms with E-state index in [1.807, 2.05) is 87.7 Å². The Hall–Kier alpha value is -3.00. The van der Waals surface area contributed by atoms with Crippen LogP contribution >= 0.6 is 11.8 Å². The lowest BCUT2D eigenvalue weighted by molar-refractivity contribution is -0.121. The normalized spacial score (nSPS) is 12.3. The van der Waals surface area contributed by atoms with Crippen LogP contribution in [0.2, 0.25) is 0 Å². The second kappa shape index (κ2) is 10.1. The largest absolute Gasteiger partial charge is 0.497 e. The summed E-state index contributed by atoms with van der Waals surface area (Å²) in [4.78, 5) is 12.7. The molecule has 0 aliphatic heterocycles. The van der Waals surface area contributed by atoms with Gasteiger partial charge in [0.15, 0.2) is 11.0 Å². The van der Waals surface area contributed by atoms with Crippen LogP contribution in [0.3, 0.4) is 0 Å². The van der Waals surface area contributed by atoms with Gasteiger partial charge in [-0.1, -0.05) is 23.9 Å². The fourth-order valence-corrected chi connectivity index (χ4v) is 3.94. The number of hydrogen-bond acceptors (Lipinski definition) is 6. The lowest BCUT2D eigenvalue weighted by Gasteiger charge is -2.23. The van der Waals surface area contributed by atoms with Crippen molar-refractivity contribution in [2.45, 2.75) is 50.6 Å². The first-order chi connectivity index (χ1) is 15.2. The topological polar surface area (TPSA) is 78.3 Å². The summed E-state index contributed by atoms with van der Waals surface area (Å²) in [5, 5.41) is 12.2. The number of amides is 1. The highest BCUT2D eigenvalue weighted by molar-refractivity contribution is 8.00. The monoisotopic (exact) mass is 454 g/mol. The van der Waals surface area contributed by atoms with E-state index >= 15 is 0 Å². The molecule has 1 aromatic heterocycles. The smallest absolute Gasteiger partial charge is 0.233 e. The van der Waals surface area contributed by atoms with Crippen molar-refractivity contribution in [3.8, 4) is 28.6 Å². The SMILES string of the molecule is CCOc1ccc(-n2c(SC(C)C(=O)NC(C)(C)C)nnc2-c2cccc(OC)c2)cc1. The third kappa shape index (κ3) is 5.82. The van der Waals surface area contributed by atoms with Gasteiger partial charge in [-0.05, 0) is 71.0 Å². The maximum Gasteiger partial charge on any atom is 0.233 e. The standard InChI is InChI=1S/C24H30N4O3S/c1-7-31-19-13-11-18(12-14-19)28-21(17-9-8-10-20(15-17)30-6)26-27-23(28)32-16(2)22(29)25-24(3,4)5/h8-16H,7H2,1-6H3,(H,25,29). The summed E-state index contributed by atoms with van der Waals surface area (Å²) in [7, 11) is 1.63. The molecule has 170 valence electrons. The second-order valence-electron chi connectivity index (χ2n) is 8.30. The number of carbonyl (C=O) groups excluding carboxylic acids is 1. The number of ether oxygens (including phenoxy) is 2. The number of nitrogens with one attached hydrogen (secondary N) is 1. The van der Waals surface area contributed by atoms with Gasteiger partial charge >= 0.3 is 0 Å². The van der Waals surface area contributed by atoms with Crippen LogP contribution in [0.5, 0.6) is 11.5 Å². The van der Waals surface area contributed by atoms with E-state index in [2.05, 4.69) is 15.5 Å². The number of hydrogen-bond donors (Lipinski definition) is 1. The van der Waals surface area contributed by atoms with Gasteiger partial charge in [0, 0.05) is 16.8 Å². The van der Waals surface area contributed by atoms with Crippen LogP contribution in [0.4, 0.5) is 0 Å². The van der Waals surface area contributed by atoms with Gasteiger partial charge in [0.2, 0.25) is 5.91 Å². The van der Waals surface area contributed by atoms with Gasteiger partial charge in [0.1, 0.15) is 11.5 Å². The van der Waals surface area contributed by atoms with Gasteiger partial charge in [0.05, 0.1) is 19.0 Å². The lowest BCUT2D eigenvalue weighted by Crippen LogP contribution is -2.44. The van der Waals surface area contributed by atoms with Crippen LogP contribution in [0.15, 0.2) is 53.7 Å². The Balaban J connectivity index is 2.01. The average molecular weight is 455 g/mol. The summed E-state index contributed by atoms with van der Waals surface area (Å²) in [6.07, 6.45) is 0. The third-order valence-corrected chi connectivity index (χ3v) is 5.56. The molecule has 3 aromatic rings. The summed E-state index contributed by atoms with van der Waals surface area (Å²) in [5.41, 5.74) is 1.44. The number of aromatic nitrogens is 3. The average Bonchev–Trinajstić information content (AvgIpc) is 3.17. The molecule has 1 heterocycles. The third-order valence-electron chi connectivity index (χ3n) is 4.52. The molecule has 1 unspecified atom stereocenters. The molecule has 0 aliphatic rings. The summed E-state index contributed by atoms with van der Waals surface area (Å²) in [6, 6.07) is 15.4. The molecule has 0 aliphatic carbocycles. The Morgan fingerprint density at radius 1 is 1.12 bits per heavy atom. The van der Waals surface area contributed by atoms with Crippen molar-refractivity contribution < 1.29 is 14.3 Å². The number of benzene rings is 2. The van der Waals surface area contributed by atoms with Gasteiger partial charge in [0.25, 0.3) is 0 Å². The molecule has 0 bridgehead atoms. The molecule has 2 aromatic carbocycles. The van der Waals surface area contributed by atoms with Crippen molar-refractivity contribution in [1.82, 2.24) is 20.1 Å². The second-order valence-corrected chi connectivity index (χ2v) is 9.61. The van der Waals surface area contributed by atoms with E-state index in [0.717, 1.165) is 22.7 Å². The van der Waals surface area contributed by atoms with Crippen LogP contribution in [0, 0.1) is 0 Å². The van der Waals surface area contributed by atoms with Gasteiger partial charge in [-0.3, -0.25) is 9.36 Å². The molecular weight excluding hydrogens is 424 g/mol. The minimum atomic E-state index is -0.349. The Kier molecular flexibility index (Phi) is 7.45. The van der Waals surface area contributed by atoms with E-state index in [-0.39, 0.29) is 16.7 Å². The van der Waals surface area contributed by atoms with Crippen LogP contribution in [0.1, 0.15) is 34.6 Å². The Morgan fingerprint density at radius 3 is 2.47 bits per heavy atom. The van der Waals surface area contributed by atoms with Crippen molar-refractivity contribution in [3.05, 3.63) is 48.5 Å². The minimum Gasteiger partial charge on any atom is -0.497 e. The molecule has 7 nitrogen and oxygen atoms in total. The highest BCUT2D eigenvalue weighted by Gasteiger charge is 2.24. The van der Waals surface area contributed by atoms with Crippen molar-refractivity contribution in [1.29, 1.82) is 0 Å². The molecule has 1 N–H and O–H groups in total. The zero-order valence-electron chi connectivity index (χ0n) is 19.4. The lowest BCUT2D eigenvalue weighted by atomic mass is 10.1. The fourth-order valence-electron chi connectivity index (χ4n) is 3.07. The maximum absolute atomic E-state index is 12.7. The first-order valence-corrected chi connectivity index (χ1v) is 11.4. The van der Waals surface area contributed by atoms with Crippen LogP contribution in [-0.2, 0) is 4.79 Å². The fraction of sp³-hybridized carbons (Fsp3) is 0.375. The van der Waals surface area contributed by atoms with E-state index in [4.69, 9.17) is 9.47 Å². The Morgan fingerprint density at radius 2 is 1.84 bits per heavy atom. The summed E-state index contributed by atoms with van der Waals surface area (Å²) < 4.78 is 12.9. The molecule has 0 saturated heterocycles. The van der Waals surface area contributed by atoms with Gasteiger partial charge < -0.3 is 14.8 Å². The zero-order valence-corrected chi connectivity index (χ0v) is 20.2. The van der Waals surface area contributed by atoms with E-state index in [9.17, 15) is 4.79 Å². The number of nitrogens with zero attached hydrogens (tertiary/aromatic N) is 3. The van der Waals surface area contributed by atoms with E-state index in [1.165, 1.54) is 11.8 Å². The zero-order chi connectivity index (χ0) is 23.3. The van der Waals surface area contributed by atoms with Gasteiger partial charge in [-0.2, -0.15) is 0 Å². The minimum absolute atomic E-state index is 0.0494. The molecule has 32 heavy (non-hydrogen) atoms. The van der Waals surface area contributed by atoms with E-state index < -0.39 is 0 Å². The molecule has 1 atom stereocenters. The molecule has 0 saturated carbocycles. The number of methoxy groups -OCH3 is 1. The molecule has 0 spiro atoms. The Labute approximate surface area is 193 Å². The summed E-state index contributed by atoms with van der Waals surface area (Å²) >= 11 is 1.37. The number of carbonyl (C=O) groups is 1. The predicted molar refractivity (Wildman–Crippen MR) is 128 cm³/mol. The van der Waals surface area contributed by atoms with Gasteiger partial charge in [-0.25, -0.2) is 0 Å². The van der Waals surface area contributed by atoms with Crippen molar-refractivity contribution in [2.24, 2.45) is 0 Å². The molecule has 3 rings (SSSR count). The Bertz CT molecular complexity index is 1060. The van der Waals surface area contributed by atoms with Crippen LogP contribution in [0.25, 0.3) is 17.1 Å². The highest BCUT2D eigenvalue weighted by atomic mass is 32.2. The molecule has 1 amide bonds. The first kappa shape index (κ1) is 23.7. The number of rotatable bonds is 8. The van der Waals surface area contributed by atoms with Crippen molar-refractivity contribution in [3.63, 3.8) is 0 Å². The summed E-state index contributed by atoms with van der Waals surface area (Å²) in [6.45, 7) is 10.3. The maximum atomic E-state index is 12.7. The molecule has 0 radical (unpaired) electrons. The predicted octanol–water partition coefficient (Wildman–Crippen LogP) is 4.74. The molecule has 0 fully saturated rings. The van der Waals surface area contributed by atoms with Gasteiger partial charge in [-0.15, -0.1) is 10.2 Å². The van der Waals surface area contributed by atoms with E-state index in [0.29, 0.717) is 17.6 Å². The number of thioether (sulfide) groups is 1. The van der Waals surface area contributed by atoms with Crippen LogP contribution in [-0.4, -0.2) is 45.2 Å². The van der Waals surface area contributed by atoms with Crippen LogP contribution < -0.4 is 14.8 Å². The quantitative estimate of drug-likeness (QED) is 0.496. The molecule has 8 heteroatoms. The highest BCUT2D eigenvalue weighted by Crippen LogP contribution is 2.32.